The summed E-state index contributed by atoms with van der Waals surface area (Å²) in [7, 11) is 0. The van der Waals surface area contributed by atoms with E-state index in [1.54, 1.807) is 6.07 Å². The van der Waals surface area contributed by atoms with Gasteiger partial charge in [-0.25, -0.2) is 13.8 Å². The maximum Gasteiger partial charge on any atom is 0.257 e. The zero-order chi connectivity index (χ0) is 15.9. The Balaban J connectivity index is 1.90. The Hall–Kier alpha value is -2.05. The van der Waals surface area contributed by atoms with Crippen LogP contribution >= 0.6 is 22.9 Å². The van der Waals surface area contributed by atoms with E-state index in [9.17, 15) is 13.6 Å². The van der Waals surface area contributed by atoms with Gasteiger partial charge in [0.25, 0.3) is 5.91 Å². The van der Waals surface area contributed by atoms with E-state index in [1.165, 1.54) is 17.4 Å². The molecule has 3 rings (SSSR count). The van der Waals surface area contributed by atoms with Gasteiger partial charge in [-0.3, -0.25) is 10.1 Å². The van der Waals surface area contributed by atoms with Gasteiger partial charge in [-0.05, 0) is 42.8 Å². The average Bonchev–Trinajstić information content (AvgIpc) is 2.89. The first-order valence-corrected chi connectivity index (χ1v) is 7.47. The number of halogens is 3. The molecular weight excluding hydrogens is 330 g/mol. The van der Waals surface area contributed by atoms with E-state index in [0.29, 0.717) is 15.7 Å². The first-order chi connectivity index (χ1) is 10.5. The molecule has 0 fully saturated rings. The van der Waals surface area contributed by atoms with Crippen LogP contribution in [0.15, 0.2) is 30.3 Å². The SMILES string of the molecule is Cc1c(Cl)ccc2sc(NC(=O)c3ccc(F)c(F)c3)nc12. The van der Waals surface area contributed by atoms with E-state index in [0.717, 1.165) is 22.4 Å². The summed E-state index contributed by atoms with van der Waals surface area (Å²) >= 11 is 7.31. The van der Waals surface area contributed by atoms with Crippen LogP contribution in [0, 0.1) is 18.6 Å². The molecule has 112 valence electrons. The smallest absolute Gasteiger partial charge is 0.257 e. The fourth-order valence-electron chi connectivity index (χ4n) is 1.96. The number of amides is 1. The minimum atomic E-state index is -1.07. The van der Waals surface area contributed by atoms with Gasteiger partial charge >= 0.3 is 0 Å². The predicted molar refractivity (Wildman–Crippen MR) is 83.7 cm³/mol. The van der Waals surface area contributed by atoms with Crippen LogP contribution < -0.4 is 5.32 Å². The van der Waals surface area contributed by atoms with E-state index >= 15 is 0 Å². The van der Waals surface area contributed by atoms with Gasteiger partial charge in [0.05, 0.1) is 10.2 Å². The largest absolute Gasteiger partial charge is 0.298 e. The number of anilines is 1. The Morgan fingerprint density at radius 2 is 2.00 bits per heavy atom. The van der Waals surface area contributed by atoms with Gasteiger partial charge in [0.2, 0.25) is 0 Å². The second kappa shape index (κ2) is 5.62. The molecule has 7 heteroatoms. The number of aromatic nitrogens is 1. The summed E-state index contributed by atoms with van der Waals surface area (Å²) in [5, 5.41) is 3.54. The highest BCUT2D eigenvalue weighted by molar-refractivity contribution is 7.22. The molecule has 22 heavy (non-hydrogen) atoms. The Morgan fingerprint density at radius 3 is 2.73 bits per heavy atom. The van der Waals surface area contributed by atoms with Crippen LogP contribution in [0.1, 0.15) is 15.9 Å². The molecule has 1 amide bonds. The van der Waals surface area contributed by atoms with E-state index < -0.39 is 17.5 Å². The van der Waals surface area contributed by atoms with Crippen LogP contribution in [0.2, 0.25) is 5.02 Å². The lowest BCUT2D eigenvalue weighted by molar-refractivity contribution is 0.102. The van der Waals surface area contributed by atoms with Crippen LogP contribution in [0.25, 0.3) is 10.2 Å². The number of carbonyl (C=O) groups excluding carboxylic acids is 1. The number of hydrogen-bond acceptors (Lipinski definition) is 3. The first-order valence-electron chi connectivity index (χ1n) is 6.28. The Bertz CT molecular complexity index is 895. The summed E-state index contributed by atoms with van der Waals surface area (Å²) in [6.45, 7) is 1.84. The lowest BCUT2D eigenvalue weighted by Gasteiger charge is -2.02. The zero-order valence-electron chi connectivity index (χ0n) is 11.3. The summed E-state index contributed by atoms with van der Waals surface area (Å²) in [4.78, 5) is 16.4. The number of nitrogens with one attached hydrogen (secondary N) is 1. The van der Waals surface area contributed by atoms with Crippen molar-refractivity contribution in [2.75, 3.05) is 5.32 Å². The molecule has 0 saturated carbocycles. The fraction of sp³-hybridized carbons (Fsp3) is 0.0667. The monoisotopic (exact) mass is 338 g/mol. The molecule has 2 aromatic carbocycles. The van der Waals surface area contributed by atoms with Crippen molar-refractivity contribution < 1.29 is 13.6 Å². The van der Waals surface area contributed by atoms with Gasteiger partial charge in [-0.1, -0.05) is 22.9 Å². The maximum atomic E-state index is 13.2. The molecule has 0 spiro atoms. The molecule has 0 saturated heterocycles. The van der Waals surface area contributed by atoms with Crippen molar-refractivity contribution in [3.63, 3.8) is 0 Å². The number of rotatable bonds is 2. The van der Waals surface area contributed by atoms with Crippen LogP contribution in [0.5, 0.6) is 0 Å². The number of benzene rings is 2. The topological polar surface area (TPSA) is 42.0 Å². The molecule has 0 unspecified atom stereocenters. The molecule has 0 bridgehead atoms. The van der Waals surface area contributed by atoms with Crippen LogP contribution in [-0.4, -0.2) is 10.9 Å². The number of aryl methyl sites for hydroxylation is 1. The van der Waals surface area contributed by atoms with Crippen LogP contribution in [0.4, 0.5) is 13.9 Å². The number of nitrogens with zero attached hydrogens (tertiary/aromatic N) is 1. The standard InChI is InChI=1S/C15H9ClF2N2OS/c1-7-9(16)3-5-12-13(7)19-15(22-12)20-14(21)8-2-4-10(17)11(18)6-8/h2-6H,1H3,(H,19,20,21). The van der Waals surface area contributed by atoms with Crippen molar-refractivity contribution in [2.45, 2.75) is 6.92 Å². The Labute approximate surface area is 133 Å². The fourth-order valence-corrected chi connectivity index (χ4v) is 3.03. The van der Waals surface area contributed by atoms with Gasteiger partial charge in [0.15, 0.2) is 16.8 Å². The van der Waals surface area contributed by atoms with Gasteiger partial charge in [-0.15, -0.1) is 0 Å². The van der Waals surface area contributed by atoms with Gasteiger partial charge in [0, 0.05) is 10.6 Å². The van der Waals surface area contributed by atoms with Crippen molar-refractivity contribution >= 4 is 44.2 Å². The lowest BCUT2D eigenvalue weighted by Crippen LogP contribution is -2.12. The lowest BCUT2D eigenvalue weighted by atomic mass is 10.2. The zero-order valence-corrected chi connectivity index (χ0v) is 12.9. The molecule has 3 aromatic rings. The molecule has 0 atom stereocenters. The molecule has 1 N–H and O–H groups in total. The van der Waals surface area contributed by atoms with E-state index in [2.05, 4.69) is 10.3 Å². The minimum absolute atomic E-state index is 0.0212. The third-order valence-corrected chi connectivity index (χ3v) is 4.50. The van der Waals surface area contributed by atoms with Crippen LogP contribution in [-0.2, 0) is 0 Å². The highest BCUT2D eigenvalue weighted by atomic mass is 35.5. The molecule has 0 aliphatic rings. The molecule has 1 heterocycles. The summed E-state index contributed by atoms with van der Waals surface area (Å²) in [6, 6.07) is 6.55. The van der Waals surface area contributed by atoms with E-state index in [1.807, 2.05) is 13.0 Å². The second-order valence-electron chi connectivity index (χ2n) is 4.62. The first kappa shape index (κ1) is 14.9. The normalized spacial score (nSPS) is 10.9. The number of thiazole rings is 1. The molecular formula is C15H9ClF2N2OS. The summed E-state index contributed by atoms with van der Waals surface area (Å²) in [5.74, 6) is -2.62. The number of carbonyl (C=O) groups is 1. The van der Waals surface area contributed by atoms with E-state index in [4.69, 9.17) is 11.6 Å². The van der Waals surface area contributed by atoms with Crippen molar-refractivity contribution in [3.8, 4) is 0 Å². The highest BCUT2D eigenvalue weighted by Gasteiger charge is 2.13. The maximum absolute atomic E-state index is 13.2. The van der Waals surface area contributed by atoms with Gasteiger partial charge < -0.3 is 0 Å². The van der Waals surface area contributed by atoms with Crippen molar-refractivity contribution in [1.82, 2.24) is 4.98 Å². The molecule has 0 aliphatic carbocycles. The van der Waals surface area contributed by atoms with Crippen molar-refractivity contribution in [2.24, 2.45) is 0 Å². The predicted octanol–water partition coefficient (Wildman–Crippen LogP) is 4.79. The highest BCUT2D eigenvalue weighted by Crippen LogP contribution is 2.31. The summed E-state index contributed by atoms with van der Waals surface area (Å²) in [5.41, 5.74) is 1.55. The van der Waals surface area contributed by atoms with Gasteiger partial charge in [-0.2, -0.15) is 0 Å². The van der Waals surface area contributed by atoms with Crippen LogP contribution in [0.3, 0.4) is 0 Å². The third kappa shape index (κ3) is 2.67. The van der Waals surface area contributed by atoms with Crippen molar-refractivity contribution in [3.05, 3.63) is 58.1 Å². The molecule has 0 radical (unpaired) electrons. The number of hydrogen-bond donors (Lipinski definition) is 1. The molecule has 0 aliphatic heterocycles. The minimum Gasteiger partial charge on any atom is -0.298 e. The second-order valence-corrected chi connectivity index (χ2v) is 6.06. The average molecular weight is 339 g/mol. The summed E-state index contributed by atoms with van der Waals surface area (Å²) in [6.07, 6.45) is 0. The Morgan fingerprint density at radius 1 is 1.23 bits per heavy atom. The summed E-state index contributed by atoms with van der Waals surface area (Å²) < 4.78 is 26.9. The Kier molecular flexibility index (Phi) is 3.80. The van der Waals surface area contributed by atoms with Gasteiger partial charge in [0.1, 0.15) is 0 Å². The molecule has 1 aromatic heterocycles. The third-order valence-electron chi connectivity index (χ3n) is 3.15. The number of fused-ring (bicyclic) bond motifs is 1. The quantitative estimate of drug-likeness (QED) is 0.730. The molecule has 3 nitrogen and oxygen atoms in total. The van der Waals surface area contributed by atoms with E-state index in [-0.39, 0.29) is 5.56 Å². The van der Waals surface area contributed by atoms with Crippen molar-refractivity contribution in [1.29, 1.82) is 0 Å².